The van der Waals surface area contributed by atoms with Crippen molar-refractivity contribution in [1.82, 2.24) is 0 Å². The van der Waals surface area contributed by atoms with Crippen LogP contribution >= 0.6 is 0 Å². The number of rotatable bonds is 4. The van der Waals surface area contributed by atoms with E-state index in [1.165, 1.54) is 30.3 Å². The Kier molecular flexibility index (Phi) is 2.87. The molecule has 0 amide bonds. The Morgan fingerprint density at radius 2 is 2.12 bits per heavy atom. The van der Waals surface area contributed by atoms with Gasteiger partial charge in [0.2, 0.25) is 0 Å². The molecule has 1 aromatic heterocycles. The van der Waals surface area contributed by atoms with Gasteiger partial charge >= 0.3 is 0 Å². The van der Waals surface area contributed by atoms with Crippen LogP contribution in [0.5, 0.6) is 11.7 Å². The molecule has 0 aliphatic rings. The highest BCUT2D eigenvalue weighted by atomic mass is 16.6. The molecule has 0 N–H and O–H groups in total. The molecule has 6 nitrogen and oxygen atoms in total. The van der Waals surface area contributed by atoms with Crippen molar-refractivity contribution < 1.29 is 18.9 Å². The van der Waals surface area contributed by atoms with E-state index in [2.05, 4.69) is 0 Å². The van der Waals surface area contributed by atoms with Gasteiger partial charge in [0.25, 0.3) is 11.6 Å². The van der Waals surface area contributed by atoms with E-state index in [0.717, 1.165) is 0 Å². The van der Waals surface area contributed by atoms with Crippen LogP contribution in [-0.2, 0) is 0 Å². The first-order valence-corrected chi connectivity index (χ1v) is 4.66. The Hall–Kier alpha value is -2.63. The lowest BCUT2D eigenvalue weighted by Gasteiger charge is -2.00. The van der Waals surface area contributed by atoms with E-state index in [-0.39, 0.29) is 23.1 Å². The number of benzene rings is 1. The molecule has 0 aliphatic carbocycles. The number of carbonyl (C=O) groups is 1. The van der Waals surface area contributed by atoms with Crippen LogP contribution in [-0.4, -0.2) is 11.2 Å². The molecule has 0 spiro atoms. The number of carbonyl (C=O) groups excluding carboxylic acids is 1. The van der Waals surface area contributed by atoms with Crippen LogP contribution in [0, 0.1) is 10.1 Å². The lowest BCUT2D eigenvalue weighted by molar-refractivity contribution is -0.384. The second-order valence-corrected chi connectivity index (χ2v) is 3.13. The number of aldehydes is 1. The number of furan rings is 1. The molecule has 0 radical (unpaired) electrons. The van der Waals surface area contributed by atoms with Crippen molar-refractivity contribution in [2.24, 2.45) is 0 Å². The molecule has 0 saturated carbocycles. The van der Waals surface area contributed by atoms with Crippen molar-refractivity contribution in [1.29, 1.82) is 0 Å². The highest BCUT2D eigenvalue weighted by molar-refractivity contribution is 5.70. The van der Waals surface area contributed by atoms with Crippen molar-refractivity contribution >= 4 is 12.0 Å². The van der Waals surface area contributed by atoms with E-state index < -0.39 is 4.92 Å². The van der Waals surface area contributed by atoms with Gasteiger partial charge in [-0.15, -0.1) is 0 Å². The van der Waals surface area contributed by atoms with Crippen molar-refractivity contribution in [3.8, 4) is 11.7 Å². The maximum Gasteiger partial charge on any atom is 0.290 e. The largest absolute Gasteiger partial charge is 0.426 e. The summed E-state index contributed by atoms with van der Waals surface area (Å²) in [6.07, 6.45) is 0.542. The van der Waals surface area contributed by atoms with E-state index in [9.17, 15) is 14.9 Å². The smallest absolute Gasteiger partial charge is 0.290 e. The van der Waals surface area contributed by atoms with Gasteiger partial charge in [-0.25, -0.2) is 0 Å². The van der Waals surface area contributed by atoms with Gasteiger partial charge in [0.05, 0.1) is 11.0 Å². The summed E-state index contributed by atoms with van der Waals surface area (Å²) in [6, 6.07) is 8.57. The minimum absolute atomic E-state index is 0.0790. The second-order valence-electron chi connectivity index (χ2n) is 3.13. The summed E-state index contributed by atoms with van der Waals surface area (Å²) < 4.78 is 10.2. The van der Waals surface area contributed by atoms with Crippen molar-refractivity contribution in [2.45, 2.75) is 0 Å². The number of nitrogens with zero attached hydrogens (tertiary/aromatic N) is 1. The van der Waals surface area contributed by atoms with Crippen LogP contribution in [0.4, 0.5) is 5.69 Å². The molecule has 0 aliphatic heterocycles. The number of hydrogen-bond acceptors (Lipinski definition) is 5. The van der Waals surface area contributed by atoms with Gasteiger partial charge in [-0.05, 0) is 12.1 Å². The summed E-state index contributed by atoms with van der Waals surface area (Å²) in [7, 11) is 0. The summed E-state index contributed by atoms with van der Waals surface area (Å²) in [5, 5.41) is 10.5. The summed E-state index contributed by atoms with van der Waals surface area (Å²) in [5.41, 5.74) is -0.0790. The van der Waals surface area contributed by atoms with Crippen LogP contribution in [0.25, 0.3) is 0 Å². The van der Waals surface area contributed by atoms with Gasteiger partial charge in [-0.2, -0.15) is 0 Å². The topological polar surface area (TPSA) is 82.6 Å². The zero-order chi connectivity index (χ0) is 12.3. The normalized spacial score (nSPS) is 9.88. The number of nitro groups is 1. The van der Waals surface area contributed by atoms with E-state index in [1.54, 1.807) is 6.07 Å². The Balaban J connectivity index is 2.20. The zero-order valence-corrected chi connectivity index (χ0v) is 8.53. The van der Waals surface area contributed by atoms with E-state index in [1.807, 2.05) is 0 Å². The molecule has 17 heavy (non-hydrogen) atoms. The first-order valence-electron chi connectivity index (χ1n) is 4.66. The highest BCUT2D eigenvalue weighted by Gasteiger charge is 2.08. The van der Waals surface area contributed by atoms with E-state index in [0.29, 0.717) is 6.29 Å². The molecule has 0 fully saturated rings. The average molecular weight is 233 g/mol. The SMILES string of the molecule is O=Cc1ccc(Oc2cccc([N+](=O)[O-])c2)o1. The summed E-state index contributed by atoms with van der Waals surface area (Å²) in [4.78, 5) is 20.4. The molecule has 0 unspecified atom stereocenters. The number of nitro benzene ring substituents is 1. The fraction of sp³-hybridized carbons (Fsp3) is 0. The molecular weight excluding hydrogens is 226 g/mol. The molecule has 86 valence electrons. The molecule has 2 rings (SSSR count). The maximum atomic E-state index is 10.5. The molecule has 0 bridgehead atoms. The molecule has 0 saturated heterocycles. The van der Waals surface area contributed by atoms with E-state index >= 15 is 0 Å². The molecular formula is C11H7NO5. The first kappa shape index (κ1) is 10.9. The molecule has 0 atom stereocenters. The number of ether oxygens (including phenoxy) is 1. The second kappa shape index (κ2) is 4.48. The quantitative estimate of drug-likeness (QED) is 0.460. The standard InChI is InChI=1S/C11H7NO5/c13-7-10-4-5-11(17-10)16-9-3-1-2-8(6-9)12(14)15/h1-7H. The average Bonchev–Trinajstić information content (AvgIpc) is 2.77. The highest BCUT2D eigenvalue weighted by Crippen LogP contribution is 2.26. The number of non-ortho nitro benzene ring substituents is 1. The Labute approximate surface area is 95.6 Å². The van der Waals surface area contributed by atoms with Crippen LogP contribution in [0.15, 0.2) is 40.8 Å². The predicted octanol–water partition coefficient (Wildman–Crippen LogP) is 2.79. The molecule has 1 aromatic carbocycles. The Bertz CT molecular complexity index is 560. The van der Waals surface area contributed by atoms with E-state index in [4.69, 9.17) is 9.15 Å². The minimum atomic E-state index is -0.522. The third kappa shape index (κ3) is 2.49. The summed E-state index contributed by atoms with van der Waals surface area (Å²) in [5.74, 6) is 0.504. The van der Waals surface area contributed by atoms with Crippen molar-refractivity contribution in [3.63, 3.8) is 0 Å². The monoisotopic (exact) mass is 233 g/mol. The summed E-state index contributed by atoms with van der Waals surface area (Å²) in [6.45, 7) is 0. The lowest BCUT2D eigenvalue weighted by Crippen LogP contribution is -1.88. The van der Waals surface area contributed by atoms with Crippen molar-refractivity contribution in [2.75, 3.05) is 0 Å². The minimum Gasteiger partial charge on any atom is -0.426 e. The van der Waals surface area contributed by atoms with Crippen LogP contribution in [0.1, 0.15) is 10.6 Å². The fourth-order valence-corrected chi connectivity index (χ4v) is 1.23. The van der Waals surface area contributed by atoms with Crippen molar-refractivity contribution in [3.05, 3.63) is 52.3 Å². The van der Waals surface area contributed by atoms with Crippen LogP contribution in [0.3, 0.4) is 0 Å². The van der Waals surface area contributed by atoms with Gasteiger partial charge in [0.1, 0.15) is 5.75 Å². The number of hydrogen-bond donors (Lipinski definition) is 0. The van der Waals surface area contributed by atoms with Gasteiger partial charge in [0.15, 0.2) is 12.0 Å². The predicted molar refractivity (Wildman–Crippen MR) is 57.3 cm³/mol. The third-order valence-electron chi connectivity index (χ3n) is 1.97. The fourth-order valence-electron chi connectivity index (χ4n) is 1.23. The maximum absolute atomic E-state index is 10.5. The van der Waals surface area contributed by atoms with Crippen LogP contribution in [0.2, 0.25) is 0 Å². The van der Waals surface area contributed by atoms with Gasteiger partial charge in [-0.1, -0.05) is 6.07 Å². The molecule has 2 aromatic rings. The van der Waals surface area contributed by atoms with Gasteiger partial charge < -0.3 is 9.15 Å². The third-order valence-corrected chi connectivity index (χ3v) is 1.97. The Morgan fingerprint density at radius 1 is 1.29 bits per heavy atom. The van der Waals surface area contributed by atoms with Gasteiger partial charge in [-0.3, -0.25) is 14.9 Å². The summed E-state index contributed by atoms with van der Waals surface area (Å²) >= 11 is 0. The molecule has 6 heteroatoms. The Morgan fingerprint density at radius 3 is 2.76 bits per heavy atom. The lowest BCUT2D eigenvalue weighted by atomic mass is 10.3. The van der Waals surface area contributed by atoms with Gasteiger partial charge in [0, 0.05) is 12.1 Å². The van der Waals surface area contributed by atoms with Crippen LogP contribution < -0.4 is 4.74 Å². The first-order chi connectivity index (χ1) is 8.19. The zero-order valence-electron chi connectivity index (χ0n) is 8.53. The molecule has 1 heterocycles.